The molecule has 2 N–H and O–H groups in total. The number of hydrogen-bond acceptors (Lipinski definition) is 10. The zero-order chi connectivity index (χ0) is 19.9. The summed E-state index contributed by atoms with van der Waals surface area (Å²) in [6.07, 6.45) is 0. The summed E-state index contributed by atoms with van der Waals surface area (Å²) in [7, 11) is 0. The monoisotopic (exact) mass is 436 g/mol. The second kappa shape index (κ2) is 9.57. The summed E-state index contributed by atoms with van der Waals surface area (Å²) < 4.78 is 6.03. The number of para-hydroxylation sites is 1. The number of nitrogens with one attached hydrogen (secondary N) is 2. The molecule has 28 heavy (non-hydrogen) atoms. The fourth-order valence-corrected chi connectivity index (χ4v) is 4.20. The zero-order valence-corrected chi connectivity index (χ0v) is 17.4. The molecule has 0 atom stereocenters. The lowest BCUT2D eigenvalue weighted by atomic mass is 10.2. The van der Waals surface area contributed by atoms with Crippen molar-refractivity contribution in [3.63, 3.8) is 0 Å². The van der Waals surface area contributed by atoms with Crippen LogP contribution in [0.1, 0.15) is 22.3 Å². The molecule has 0 aliphatic heterocycles. The average molecular weight is 437 g/mol. The van der Waals surface area contributed by atoms with Crippen molar-refractivity contribution < 1.29 is 14.3 Å². The highest BCUT2D eigenvalue weighted by Crippen LogP contribution is 2.27. The Morgan fingerprint density at radius 3 is 2.57 bits per heavy atom. The number of rotatable bonds is 8. The Morgan fingerprint density at radius 2 is 1.82 bits per heavy atom. The van der Waals surface area contributed by atoms with Crippen molar-refractivity contribution in [2.24, 2.45) is 0 Å². The van der Waals surface area contributed by atoms with Gasteiger partial charge in [0.25, 0.3) is 5.91 Å². The van der Waals surface area contributed by atoms with Crippen LogP contribution in [0.5, 0.6) is 5.75 Å². The molecule has 2 amide bonds. The summed E-state index contributed by atoms with van der Waals surface area (Å²) in [6, 6.07) is 6.97. The highest BCUT2D eigenvalue weighted by molar-refractivity contribution is 8.01. The molecule has 9 nitrogen and oxygen atoms in total. The third-order valence-electron chi connectivity index (χ3n) is 3.16. The number of hydrogen-bond donors (Lipinski definition) is 2. The standard InChI is InChI=1S/C16H16N6O3S3/c1-3-25-11-7-5-4-6-10(11)13(24)18-15-21-22-16(28-15)26-8-12(23)17-14-20-19-9(2)27-14/h4-7H,3,8H2,1-2H3,(H,17,20,23)(H,18,21,24). The number of ether oxygens (including phenoxy) is 1. The van der Waals surface area contributed by atoms with Crippen LogP contribution in [0.2, 0.25) is 0 Å². The molecule has 3 rings (SSSR count). The van der Waals surface area contributed by atoms with E-state index in [1.807, 2.05) is 13.8 Å². The summed E-state index contributed by atoms with van der Waals surface area (Å²) in [5.74, 6) is 0.105. The Bertz CT molecular complexity index is 974. The van der Waals surface area contributed by atoms with Crippen LogP contribution in [-0.4, -0.2) is 44.6 Å². The molecule has 2 heterocycles. The number of benzene rings is 1. The van der Waals surface area contributed by atoms with Crippen LogP contribution in [0.3, 0.4) is 0 Å². The summed E-state index contributed by atoms with van der Waals surface area (Å²) in [5.41, 5.74) is 0.417. The second-order valence-corrected chi connectivity index (χ2v) is 8.60. The van der Waals surface area contributed by atoms with Crippen LogP contribution in [0.4, 0.5) is 10.3 Å². The van der Waals surface area contributed by atoms with Gasteiger partial charge in [-0.1, -0.05) is 46.6 Å². The lowest BCUT2D eigenvalue weighted by Gasteiger charge is -2.08. The lowest BCUT2D eigenvalue weighted by Crippen LogP contribution is -2.13. The quantitative estimate of drug-likeness (QED) is 0.408. The van der Waals surface area contributed by atoms with Gasteiger partial charge in [0.2, 0.25) is 16.2 Å². The molecule has 146 valence electrons. The van der Waals surface area contributed by atoms with E-state index in [0.29, 0.717) is 32.5 Å². The summed E-state index contributed by atoms with van der Waals surface area (Å²) in [6.45, 7) is 4.12. The average Bonchev–Trinajstić information content (AvgIpc) is 3.29. The Kier molecular flexibility index (Phi) is 6.90. The van der Waals surface area contributed by atoms with Gasteiger partial charge in [0, 0.05) is 0 Å². The molecule has 0 unspecified atom stereocenters. The van der Waals surface area contributed by atoms with E-state index >= 15 is 0 Å². The molecule has 0 aliphatic carbocycles. The molecule has 2 aromatic heterocycles. The Morgan fingerprint density at radius 1 is 1.07 bits per heavy atom. The predicted octanol–water partition coefficient (Wildman–Crippen LogP) is 3.08. The highest BCUT2D eigenvalue weighted by atomic mass is 32.2. The summed E-state index contributed by atoms with van der Waals surface area (Å²) in [4.78, 5) is 24.4. The van der Waals surface area contributed by atoms with E-state index in [-0.39, 0.29) is 17.6 Å². The molecule has 12 heteroatoms. The van der Waals surface area contributed by atoms with Crippen molar-refractivity contribution in [2.75, 3.05) is 23.0 Å². The topological polar surface area (TPSA) is 119 Å². The minimum absolute atomic E-state index is 0.147. The van der Waals surface area contributed by atoms with Gasteiger partial charge < -0.3 is 4.74 Å². The molecule has 0 spiro atoms. The van der Waals surface area contributed by atoms with E-state index in [1.54, 1.807) is 24.3 Å². The third kappa shape index (κ3) is 5.47. The van der Waals surface area contributed by atoms with Crippen molar-refractivity contribution in [1.82, 2.24) is 20.4 Å². The van der Waals surface area contributed by atoms with Gasteiger partial charge in [0.05, 0.1) is 17.9 Å². The number of thioether (sulfide) groups is 1. The summed E-state index contributed by atoms with van der Waals surface area (Å²) >= 11 is 3.72. The van der Waals surface area contributed by atoms with E-state index in [4.69, 9.17) is 4.74 Å². The van der Waals surface area contributed by atoms with E-state index in [2.05, 4.69) is 31.0 Å². The number of carbonyl (C=O) groups excluding carboxylic acids is 2. The predicted molar refractivity (Wildman–Crippen MR) is 109 cm³/mol. The first-order chi connectivity index (χ1) is 13.5. The van der Waals surface area contributed by atoms with E-state index in [1.165, 1.54) is 34.4 Å². The lowest BCUT2D eigenvalue weighted by molar-refractivity contribution is -0.113. The van der Waals surface area contributed by atoms with E-state index in [9.17, 15) is 9.59 Å². The minimum Gasteiger partial charge on any atom is -0.493 e. The molecule has 0 saturated heterocycles. The maximum absolute atomic E-state index is 12.5. The van der Waals surface area contributed by atoms with Crippen LogP contribution >= 0.6 is 34.4 Å². The van der Waals surface area contributed by atoms with Crippen LogP contribution < -0.4 is 15.4 Å². The first-order valence-corrected chi connectivity index (χ1v) is 10.8. The number of aromatic nitrogens is 4. The van der Waals surface area contributed by atoms with Gasteiger partial charge in [-0.3, -0.25) is 20.2 Å². The normalized spacial score (nSPS) is 10.5. The number of carbonyl (C=O) groups is 2. The zero-order valence-electron chi connectivity index (χ0n) is 15.0. The number of aryl methyl sites for hydroxylation is 1. The molecular formula is C16H16N6O3S3. The van der Waals surface area contributed by atoms with Crippen molar-refractivity contribution >= 4 is 56.5 Å². The van der Waals surface area contributed by atoms with Gasteiger partial charge in [-0.2, -0.15) is 0 Å². The summed E-state index contributed by atoms with van der Waals surface area (Å²) in [5, 5.41) is 22.6. The van der Waals surface area contributed by atoms with Crippen molar-refractivity contribution in [3.05, 3.63) is 34.8 Å². The Hall–Kier alpha value is -2.57. The Labute approximate surface area is 172 Å². The smallest absolute Gasteiger partial charge is 0.261 e. The second-order valence-electron chi connectivity index (χ2n) is 5.22. The fraction of sp³-hybridized carbons (Fsp3) is 0.250. The van der Waals surface area contributed by atoms with Crippen LogP contribution in [0.15, 0.2) is 28.6 Å². The van der Waals surface area contributed by atoms with Crippen molar-refractivity contribution in [3.8, 4) is 5.75 Å². The maximum Gasteiger partial charge on any atom is 0.261 e. The van der Waals surface area contributed by atoms with Crippen molar-refractivity contribution in [1.29, 1.82) is 0 Å². The first-order valence-electron chi connectivity index (χ1n) is 8.14. The van der Waals surface area contributed by atoms with Crippen molar-refractivity contribution in [2.45, 2.75) is 18.2 Å². The molecule has 0 aliphatic rings. The first kappa shape index (κ1) is 20.2. The Balaban J connectivity index is 1.54. The molecular weight excluding hydrogens is 420 g/mol. The largest absolute Gasteiger partial charge is 0.493 e. The highest BCUT2D eigenvalue weighted by Gasteiger charge is 2.15. The molecule has 0 radical (unpaired) electrons. The maximum atomic E-state index is 12.5. The van der Waals surface area contributed by atoms with Gasteiger partial charge in [-0.05, 0) is 26.0 Å². The van der Waals surface area contributed by atoms with Gasteiger partial charge in [-0.25, -0.2) is 0 Å². The molecule has 0 saturated carbocycles. The fourth-order valence-electron chi connectivity index (χ4n) is 2.05. The molecule has 1 aromatic carbocycles. The molecule has 3 aromatic rings. The third-order valence-corrected chi connectivity index (χ3v) is 5.88. The molecule has 0 bridgehead atoms. The van der Waals surface area contributed by atoms with Gasteiger partial charge >= 0.3 is 0 Å². The van der Waals surface area contributed by atoms with Crippen LogP contribution in [-0.2, 0) is 4.79 Å². The van der Waals surface area contributed by atoms with Crippen LogP contribution in [0.25, 0.3) is 0 Å². The van der Waals surface area contributed by atoms with Gasteiger partial charge in [0.1, 0.15) is 10.8 Å². The van der Waals surface area contributed by atoms with Gasteiger partial charge in [0.15, 0.2) is 4.34 Å². The number of nitrogens with zero attached hydrogens (tertiary/aromatic N) is 4. The van der Waals surface area contributed by atoms with E-state index in [0.717, 1.165) is 5.01 Å². The number of amides is 2. The van der Waals surface area contributed by atoms with Crippen LogP contribution in [0, 0.1) is 6.92 Å². The molecule has 0 fully saturated rings. The minimum atomic E-state index is -0.332. The van der Waals surface area contributed by atoms with E-state index < -0.39 is 0 Å². The number of anilines is 2. The SMILES string of the molecule is CCOc1ccccc1C(=O)Nc1nnc(SCC(=O)Nc2nnc(C)s2)s1. The van der Waals surface area contributed by atoms with Gasteiger partial charge in [-0.15, -0.1) is 20.4 Å².